The van der Waals surface area contributed by atoms with Gasteiger partial charge in [-0.25, -0.2) is 0 Å². The molecular weight excluding hydrogens is 234 g/mol. The lowest BCUT2D eigenvalue weighted by Gasteiger charge is -2.25. The third kappa shape index (κ3) is 5.29. The van der Waals surface area contributed by atoms with E-state index >= 15 is 0 Å². The van der Waals surface area contributed by atoms with E-state index in [9.17, 15) is 4.79 Å². The Bertz CT molecular complexity index is 421. The molecule has 0 saturated heterocycles. The number of aryl methyl sites for hydroxylation is 1. The fraction of sp³-hybridized carbons (Fsp3) is 0.471. The van der Waals surface area contributed by atoms with Gasteiger partial charge in [-0.3, -0.25) is 4.79 Å². The number of hydrogen-bond acceptors (Lipinski definition) is 1. The summed E-state index contributed by atoms with van der Waals surface area (Å²) in [5.41, 5.74) is 2.27. The lowest BCUT2D eigenvalue weighted by molar-refractivity contribution is -0.117. The van der Waals surface area contributed by atoms with Crippen LogP contribution < -0.4 is 5.32 Å². The maximum absolute atomic E-state index is 11.9. The van der Waals surface area contributed by atoms with Gasteiger partial charge in [0.15, 0.2) is 0 Å². The molecule has 0 spiro atoms. The van der Waals surface area contributed by atoms with Crippen molar-refractivity contribution in [3.05, 3.63) is 41.5 Å². The molecule has 1 N–H and O–H groups in total. The van der Waals surface area contributed by atoms with E-state index in [1.54, 1.807) is 6.08 Å². The highest BCUT2D eigenvalue weighted by atomic mass is 16.1. The van der Waals surface area contributed by atoms with Gasteiger partial charge in [0.25, 0.3) is 0 Å². The highest BCUT2D eigenvalue weighted by Crippen LogP contribution is 2.12. The van der Waals surface area contributed by atoms with Gasteiger partial charge in [0.1, 0.15) is 0 Å². The van der Waals surface area contributed by atoms with E-state index in [1.165, 1.54) is 5.56 Å². The minimum absolute atomic E-state index is 0.0204. The van der Waals surface area contributed by atoms with Crippen molar-refractivity contribution in [1.82, 2.24) is 5.32 Å². The largest absolute Gasteiger partial charge is 0.349 e. The molecule has 0 fully saturated rings. The molecule has 0 unspecified atom stereocenters. The number of amides is 1. The summed E-state index contributed by atoms with van der Waals surface area (Å²) >= 11 is 0. The molecule has 0 aliphatic heterocycles. The number of nitrogens with one attached hydrogen (secondary N) is 1. The van der Waals surface area contributed by atoms with Gasteiger partial charge in [-0.15, -0.1) is 0 Å². The molecule has 2 heteroatoms. The van der Waals surface area contributed by atoms with Crippen molar-refractivity contribution in [2.45, 2.75) is 40.7 Å². The summed E-state index contributed by atoms with van der Waals surface area (Å²) in [6.45, 7) is 10.6. The van der Waals surface area contributed by atoms with Crippen LogP contribution in [0.15, 0.2) is 30.3 Å². The first-order chi connectivity index (χ1) is 8.90. The molecule has 104 valence electrons. The molecule has 0 aliphatic rings. The maximum atomic E-state index is 11.9. The quantitative estimate of drug-likeness (QED) is 0.801. The van der Waals surface area contributed by atoms with Crippen LogP contribution in [0.25, 0.3) is 6.08 Å². The van der Waals surface area contributed by atoms with E-state index in [-0.39, 0.29) is 11.9 Å². The van der Waals surface area contributed by atoms with Crippen LogP contribution in [0.2, 0.25) is 0 Å². The standard InChI is InChI=1S/C17H25NO/c1-12(2)17(13(3)4)18-16(19)11-10-15-8-6-14(5)7-9-15/h6-13,17H,1-5H3,(H,18,19)/b11-10+. The summed E-state index contributed by atoms with van der Waals surface area (Å²) < 4.78 is 0. The smallest absolute Gasteiger partial charge is 0.244 e. The van der Waals surface area contributed by atoms with Gasteiger partial charge in [-0.05, 0) is 30.4 Å². The van der Waals surface area contributed by atoms with Crippen molar-refractivity contribution >= 4 is 12.0 Å². The Balaban J connectivity index is 2.61. The molecule has 19 heavy (non-hydrogen) atoms. The topological polar surface area (TPSA) is 29.1 Å². The summed E-state index contributed by atoms with van der Waals surface area (Å²) in [5.74, 6) is 0.862. The molecule has 1 aromatic rings. The van der Waals surface area contributed by atoms with E-state index < -0.39 is 0 Å². The number of carbonyl (C=O) groups is 1. The normalized spacial score (nSPS) is 11.8. The number of hydrogen-bond donors (Lipinski definition) is 1. The van der Waals surface area contributed by atoms with E-state index in [4.69, 9.17) is 0 Å². The van der Waals surface area contributed by atoms with Crippen molar-refractivity contribution in [2.24, 2.45) is 11.8 Å². The van der Waals surface area contributed by atoms with Crippen LogP contribution in [0.1, 0.15) is 38.8 Å². The highest BCUT2D eigenvalue weighted by molar-refractivity contribution is 5.91. The SMILES string of the molecule is Cc1ccc(/C=C/C(=O)NC(C(C)C)C(C)C)cc1. The van der Waals surface area contributed by atoms with Crippen LogP contribution in [-0.4, -0.2) is 11.9 Å². The first kappa shape index (κ1) is 15.5. The van der Waals surface area contributed by atoms with Gasteiger partial charge >= 0.3 is 0 Å². The zero-order valence-electron chi connectivity index (χ0n) is 12.6. The lowest BCUT2D eigenvalue weighted by atomic mass is 9.93. The van der Waals surface area contributed by atoms with Gasteiger partial charge < -0.3 is 5.32 Å². The Morgan fingerprint density at radius 3 is 2.05 bits per heavy atom. The van der Waals surface area contributed by atoms with Crippen molar-refractivity contribution in [1.29, 1.82) is 0 Å². The predicted molar refractivity (Wildman–Crippen MR) is 81.8 cm³/mol. The van der Waals surface area contributed by atoms with Crippen LogP contribution in [0, 0.1) is 18.8 Å². The van der Waals surface area contributed by atoms with Crippen LogP contribution in [0.4, 0.5) is 0 Å². The lowest BCUT2D eigenvalue weighted by Crippen LogP contribution is -2.41. The fourth-order valence-corrected chi connectivity index (χ4v) is 2.16. The van der Waals surface area contributed by atoms with Crippen molar-refractivity contribution in [2.75, 3.05) is 0 Å². The minimum atomic E-state index is -0.0204. The van der Waals surface area contributed by atoms with Gasteiger partial charge in [-0.2, -0.15) is 0 Å². The Kier molecular flexibility index (Phi) is 5.81. The third-order valence-corrected chi connectivity index (χ3v) is 3.25. The molecular formula is C17H25NO. The molecule has 0 aromatic heterocycles. The molecule has 0 atom stereocenters. The second-order valence-corrected chi connectivity index (χ2v) is 5.77. The van der Waals surface area contributed by atoms with Gasteiger partial charge in [0.05, 0.1) is 0 Å². The zero-order chi connectivity index (χ0) is 14.4. The van der Waals surface area contributed by atoms with Crippen molar-refractivity contribution < 1.29 is 4.79 Å². The molecule has 1 rings (SSSR count). The van der Waals surface area contributed by atoms with Crippen molar-refractivity contribution in [3.63, 3.8) is 0 Å². The summed E-state index contributed by atoms with van der Waals surface area (Å²) in [5, 5.41) is 3.07. The minimum Gasteiger partial charge on any atom is -0.349 e. The number of benzene rings is 1. The summed E-state index contributed by atoms with van der Waals surface area (Å²) in [4.78, 5) is 11.9. The summed E-state index contributed by atoms with van der Waals surface area (Å²) in [7, 11) is 0. The highest BCUT2D eigenvalue weighted by Gasteiger charge is 2.18. The second kappa shape index (κ2) is 7.13. The molecule has 0 heterocycles. The molecule has 0 aliphatic carbocycles. The van der Waals surface area contributed by atoms with Crippen LogP contribution in [0.5, 0.6) is 0 Å². The Morgan fingerprint density at radius 2 is 1.58 bits per heavy atom. The molecule has 0 bridgehead atoms. The van der Waals surface area contributed by atoms with E-state index in [0.717, 1.165) is 5.56 Å². The predicted octanol–water partition coefficient (Wildman–Crippen LogP) is 3.81. The fourth-order valence-electron chi connectivity index (χ4n) is 2.16. The van der Waals surface area contributed by atoms with Crippen LogP contribution >= 0.6 is 0 Å². The molecule has 1 amide bonds. The van der Waals surface area contributed by atoms with Crippen LogP contribution in [-0.2, 0) is 4.79 Å². The Hall–Kier alpha value is -1.57. The number of carbonyl (C=O) groups excluding carboxylic acids is 1. The van der Waals surface area contributed by atoms with E-state index in [0.29, 0.717) is 11.8 Å². The van der Waals surface area contributed by atoms with Crippen molar-refractivity contribution in [3.8, 4) is 0 Å². The second-order valence-electron chi connectivity index (χ2n) is 5.77. The third-order valence-electron chi connectivity index (χ3n) is 3.25. The van der Waals surface area contributed by atoms with Gasteiger partial charge in [-0.1, -0.05) is 57.5 Å². The van der Waals surface area contributed by atoms with E-state index in [2.05, 4.69) is 39.9 Å². The zero-order valence-corrected chi connectivity index (χ0v) is 12.6. The summed E-state index contributed by atoms with van der Waals surface area (Å²) in [6, 6.07) is 8.34. The first-order valence-electron chi connectivity index (χ1n) is 6.95. The van der Waals surface area contributed by atoms with Gasteiger partial charge in [0, 0.05) is 12.1 Å². The first-order valence-corrected chi connectivity index (χ1v) is 6.95. The molecule has 0 saturated carbocycles. The molecule has 0 radical (unpaired) electrons. The van der Waals surface area contributed by atoms with Gasteiger partial charge in [0.2, 0.25) is 5.91 Å². The molecule has 2 nitrogen and oxygen atoms in total. The Labute approximate surface area is 116 Å². The maximum Gasteiger partial charge on any atom is 0.244 e. The molecule has 1 aromatic carbocycles. The van der Waals surface area contributed by atoms with E-state index in [1.807, 2.05) is 30.3 Å². The Morgan fingerprint density at radius 1 is 1.05 bits per heavy atom. The average molecular weight is 259 g/mol. The summed E-state index contributed by atoms with van der Waals surface area (Å²) in [6.07, 6.45) is 3.47. The average Bonchev–Trinajstić information content (AvgIpc) is 2.34. The number of rotatable bonds is 5. The monoisotopic (exact) mass is 259 g/mol. The van der Waals surface area contributed by atoms with Crippen LogP contribution in [0.3, 0.4) is 0 Å².